The van der Waals surface area contributed by atoms with Crippen LogP contribution in [0.4, 0.5) is 4.79 Å². The third kappa shape index (κ3) is 6.36. The number of benzene rings is 1. The summed E-state index contributed by atoms with van der Waals surface area (Å²) in [5, 5.41) is 12.3. The van der Waals surface area contributed by atoms with Crippen molar-refractivity contribution in [1.82, 2.24) is 14.8 Å². The summed E-state index contributed by atoms with van der Waals surface area (Å²) in [6.07, 6.45) is 8.79. The van der Waals surface area contributed by atoms with Gasteiger partial charge in [-0.1, -0.05) is 50.8 Å². The number of nitrogens with zero attached hydrogens (tertiary/aromatic N) is 2. The third-order valence-electron chi connectivity index (χ3n) is 5.99. The van der Waals surface area contributed by atoms with Crippen LogP contribution in [-0.4, -0.2) is 45.5 Å². The van der Waals surface area contributed by atoms with Crippen molar-refractivity contribution in [2.75, 3.05) is 6.54 Å². The first-order valence-electron chi connectivity index (χ1n) is 12.2. The van der Waals surface area contributed by atoms with Gasteiger partial charge in [0.05, 0.1) is 0 Å². The van der Waals surface area contributed by atoms with E-state index in [0.717, 1.165) is 30.3 Å². The molecule has 0 bridgehead atoms. The van der Waals surface area contributed by atoms with Gasteiger partial charge in [0.2, 0.25) is 5.91 Å². The summed E-state index contributed by atoms with van der Waals surface area (Å²) >= 11 is 0. The highest BCUT2D eigenvalue weighted by atomic mass is 16.6. The number of aromatic nitrogens is 1. The van der Waals surface area contributed by atoms with E-state index < -0.39 is 17.7 Å². The first-order chi connectivity index (χ1) is 15.7. The van der Waals surface area contributed by atoms with Crippen molar-refractivity contribution in [1.29, 1.82) is 5.41 Å². The van der Waals surface area contributed by atoms with E-state index in [9.17, 15) is 9.59 Å². The quantitative estimate of drug-likeness (QED) is 0.316. The number of hydrogen-bond acceptors (Lipinski definition) is 4. The van der Waals surface area contributed by atoms with Crippen LogP contribution in [0.2, 0.25) is 0 Å². The molecule has 0 radical (unpaired) electrons. The average Bonchev–Trinajstić information content (AvgIpc) is 3.38. The number of fused-ring (bicyclic) bond motifs is 1. The van der Waals surface area contributed by atoms with Gasteiger partial charge in [-0.15, -0.1) is 0 Å². The molecule has 0 unspecified atom stereocenters. The summed E-state index contributed by atoms with van der Waals surface area (Å²) in [5.74, 6) is -0.267. The first kappa shape index (κ1) is 24.8. The van der Waals surface area contributed by atoms with Gasteiger partial charge in [-0.3, -0.25) is 15.1 Å². The fourth-order valence-electron chi connectivity index (χ4n) is 4.37. The monoisotopic (exact) mass is 454 g/mol. The molecular formula is C26H38N4O3. The summed E-state index contributed by atoms with van der Waals surface area (Å²) in [6.45, 7) is 9.02. The summed E-state index contributed by atoms with van der Waals surface area (Å²) in [5.41, 5.74) is 1.15. The Hall–Kier alpha value is -2.83. The normalized spacial score (nSPS) is 16.2. The van der Waals surface area contributed by atoms with E-state index in [4.69, 9.17) is 10.1 Å². The minimum atomic E-state index is -0.619. The van der Waals surface area contributed by atoms with E-state index in [1.54, 1.807) is 0 Å². The van der Waals surface area contributed by atoms with Crippen LogP contribution in [0.5, 0.6) is 0 Å². The van der Waals surface area contributed by atoms with Crippen molar-refractivity contribution in [3.63, 3.8) is 0 Å². The number of nitrogens with one attached hydrogen (secondary N) is 2. The number of carbonyl (C=O) groups is 2. The molecule has 180 valence electrons. The van der Waals surface area contributed by atoms with E-state index in [1.807, 2.05) is 45.2 Å². The number of aryl methyl sites for hydroxylation is 1. The van der Waals surface area contributed by atoms with Gasteiger partial charge in [0.25, 0.3) is 0 Å². The fourth-order valence-corrected chi connectivity index (χ4v) is 4.37. The second kappa shape index (κ2) is 10.9. The number of para-hydroxylation sites is 1. The predicted molar refractivity (Wildman–Crippen MR) is 132 cm³/mol. The second-order valence-corrected chi connectivity index (χ2v) is 9.86. The molecule has 7 heteroatoms. The Morgan fingerprint density at radius 1 is 1.15 bits per heavy atom. The average molecular weight is 455 g/mol. The van der Waals surface area contributed by atoms with Gasteiger partial charge < -0.3 is 14.6 Å². The molecule has 2 aromatic rings. The molecular weight excluding hydrogens is 416 g/mol. The maximum absolute atomic E-state index is 13.0. The number of carbonyl (C=O) groups excluding carboxylic acids is 2. The summed E-state index contributed by atoms with van der Waals surface area (Å²) in [6, 6.07) is 7.38. The molecule has 7 nitrogen and oxygen atoms in total. The Labute approximate surface area is 197 Å². The Morgan fingerprint density at radius 3 is 2.61 bits per heavy atom. The van der Waals surface area contributed by atoms with Crippen LogP contribution in [0.15, 0.2) is 30.5 Å². The number of amides is 2. The van der Waals surface area contributed by atoms with Crippen LogP contribution in [-0.2, 0) is 16.1 Å². The molecule has 1 aliphatic heterocycles. The zero-order valence-electron chi connectivity index (χ0n) is 20.4. The van der Waals surface area contributed by atoms with Crippen molar-refractivity contribution in [3.8, 4) is 0 Å². The highest BCUT2D eigenvalue weighted by Crippen LogP contribution is 2.24. The smallest absolute Gasteiger partial charge is 0.410 e. The Kier molecular flexibility index (Phi) is 8.16. The maximum atomic E-state index is 13.0. The standard InChI is InChI=1S/C26H38N4O3/c1-5-6-7-8-11-16-29-18-20(19-13-9-10-14-21(19)29)23(27)28-24(31)22-15-12-17-30(22)25(32)33-26(2,3)4/h9-10,13-14,18,22H,5-8,11-12,15-17H2,1-4H3,(H2,27,28,31)/t22-/m0/s1. The Morgan fingerprint density at radius 2 is 1.88 bits per heavy atom. The van der Waals surface area contributed by atoms with Gasteiger partial charge in [-0.2, -0.15) is 0 Å². The third-order valence-corrected chi connectivity index (χ3v) is 5.99. The lowest BCUT2D eigenvalue weighted by Gasteiger charge is -2.28. The van der Waals surface area contributed by atoms with Crippen molar-refractivity contribution in [3.05, 3.63) is 36.0 Å². The van der Waals surface area contributed by atoms with E-state index in [2.05, 4.69) is 22.9 Å². The number of hydrogen-bond donors (Lipinski definition) is 2. The molecule has 3 rings (SSSR count). The molecule has 1 aromatic heterocycles. The number of unbranched alkanes of at least 4 members (excludes halogenated alkanes) is 4. The van der Waals surface area contributed by atoms with Crippen molar-refractivity contribution >= 4 is 28.7 Å². The molecule has 2 amide bonds. The van der Waals surface area contributed by atoms with Crippen molar-refractivity contribution in [2.45, 2.75) is 90.8 Å². The van der Waals surface area contributed by atoms with Crippen molar-refractivity contribution < 1.29 is 14.3 Å². The fraction of sp³-hybridized carbons (Fsp3) is 0.577. The summed E-state index contributed by atoms with van der Waals surface area (Å²) < 4.78 is 7.65. The van der Waals surface area contributed by atoms with E-state index in [-0.39, 0.29) is 11.7 Å². The molecule has 0 spiro atoms. The number of ether oxygens (including phenoxy) is 1. The minimum absolute atomic E-state index is 0.0666. The predicted octanol–water partition coefficient (Wildman–Crippen LogP) is 5.45. The molecule has 1 saturated heterocycles. The number of likely N-dealkylation sites (tertiary alicyclic amines) is 1. The van der Waals surface area contributed by atoms with Gasteiger partial charge in [-0.25, -0.2) is 4.79 Å². The van der Waals surface area contributed by atoms with Crippen LogP contribution in [0, 0.1) is 5.41 Å². The first-order valence-corrected chi connectivity index (χ1v) is 12.2. The molecule has 2 heterocycles. The summed E-state index contributed by atoms with van der Waals surface area (Å²) in [7, 11) is 0. The minimum Gasteiger partial charge on any atom is -0.444 e. The molecule has 1 fully saturated rings. The SMILES string of the molecule is CCCCCCCn1cc(C(=N)NC(=O)[C@@H]2CCCN2C(=O)OC(C)(C)C)c2ccccc21. The molecule has 1 aliphatic rings. The topological polar surface area (TPSA) is 87.4 Å². The number of amidine groups is 1. The van der Waals surface area contributed by atoms with Crippen LogP contribution in [0.1, 0.15) is 78.2 Å². The lowest BCUT2D eigenvalue weighted by molar-refractivity contribution is -0.124. The Bertz CT molecular complexity index is 989. The van der Waals surface area contributed by atoms with Gasteiger partial charge >= 0.3 is 6.09 Å². The molecule has 1 aromatic carbocycles. The van der Waals surface area contributed by atoms with Crippen LogP contribution >= 0.6 is 0 Å². The van der Waals surface area contributed by atoms with Gasteiger partial charge in [0.1, 0.15) is 17.5 Å². The van der Waals surface area contributed by atoms with Crippen LogP contribution in [0.3, 0.4) is 0 Å². The molecule has 0 aliphatic carbocycles. The summed E-state index contributed by atoms with van der Waals surface area (Å²) in [4.78, 5) is 27.0. The zero-order chi connectivity index (χ0) is 24.0. The molecule has 33 heavy (non-hydrogen) atoms. The van der Waals surface area contributed by atoms with E-state index in [0.29, 0.717) is 18.5 Å². The van der Waals surface area contributed by atoms with Gasteiger partial charge in [0, 0.05) is 35.8 Å². The van der Waals surface area contributed by atoms with Gasteiger partial charge in [0.15, 0.2) is 0 Å². The lowest BCUT2D eigenvalue weighted by Crippen LogP contribution is -2.48. The van der Waals surface area contributed by atoms with E-state index >= 15 is 0 Å². The highest BCUT2D eigenvalue weighted by molar-refractivity contribution is 6.14. The van der Waals surface area contributed by atoms with Crippen molar-refractivity contribution in [2.24, 2.45) is 0 Å². The number of rotatable bonds is 8. The zero-order valence-corrected chi connectivity index (χ0v) is 20.4. The van der Waals surface area contributed by atoms with Crippen LogP contribution in [0.25, 0.3) is 10.9 Å². The molecule has 2 N–H and O–H groups in total. The molecule has 1 atom stereocenters. The van der Waals surface area contributed by atoms with E-state index in [1.165, 1.54) is 30.6 Å². The maximum Gasteiger partial charge on any atom is 0.410 e. The highest BCUT2D eigenvalue weighted by Gasteiger charge is 2.37. The van der Waals surface area contributed by atoms with Gasteiger partial charge in [-0.05, 0) is 46.1 Å². The second-order valence-electron chi connectivity index (χ2n) is 9.86. The Balaban J connectivity index is 1.70. The lowest BCUT2D eigenvalue weighted by atomic mass is 10.1. The molecule has 0 saturated carbocycles. The van der Waals surface area contributed by atoms with Crippen LogP contribution < -0.4 is 5.32 Å². The largest absolute Gasteiger partial charge is 0.444 e.